The van der Waals surface area contributed by atoms with Gasteiger partial charge in [-0.15, -0.1) is 0 Å². The van der Waals surface area contributed by atoms with E-state index < -0.39 is 0 Å². The summed E-state index contributed by atoms with van der Waals surface area (Å²) in [7, 11) is 1.75. The molecule has 0 bridgehead atoms. The zero-order valence-corrected chi connectivity index (χ0v) is 13.7. The molecule has 0 aliphatic carbocycles. The van der Waals surface area contributed by atoms with Crippen LogP contribution in [0.4, 0.5) is 0 Å². The van der Waals surface area contributed by atoms with Crippen LogP contribution in [0, 0.1) is 0 Å². The number of rotatable bonds is 11. The van der Waals surface area contributed by atoms with Crippen LogP contribution >= 0.6 is 0 Å². The molecule has 4 nitrogen and oxygen atoms in total. The lowest BCUT2D eigenvalue weighted by atomic mass is 10.1. The number of benzene rings is 1. The van der Waals surface area contributed by atoms with Crippen LogP contribution in [-0.4, -0.2) is 44.4 Å². The van der Waals surface area contributed by atoms with Gasteiger partial charge in [0, 0.05) is 32.8 Å². The van der Waals surface area contributed by atoms with Crippen molar-refractivity contribution in [3.63, 3.8) is 0 Å². The van der Waals surface area contributed by atoms with Crippen molar-refractivity contribution >= 4 is 0 Å². The molecule has 1 aromatic carbocycles. The fourth-order valence-corrected chi connectivity index (χ4v) is 2.53. The first-order valence-electron chi connectivity index (χ1n) is 7.89. The summed E-state index contributed by atoms with van der Waals surface area (Å²) in [5.41, 5.74) is 6.75. The van der Waals surface area contributed by atoms with E-state index in [1.165, 1.54) is 0 Å². The Morgan fingerprint density at radius 1 is 1.14 bits per heavy atom. The zero-order valence-electron chi connectivity index (χ0n) is 13.7. The molecular weight excluding hydrogens is 264 g/mol. The topological polar surface area (TPSA) is 47.7 Å². The molecular formula is C17H30N2O2. The third-order valence-corrected chi connectivity index (χ3v) is 3.82. The summed E-state index contributed by atoms with van der Waals surface area (Å²) < 4.78 is 11.1. The van der Waals surface area contributed by atoms with Crippen molar-refractivity contribution in [1.29, 1.82) is 0 Å². The van der Waals surface area contributed by atoms with E-state index in [9.17, 15) is 0 Å². The van der Waals surface area contributed by atoms with Crippen LogP contribution in [0.25, 0.3) is 0 Å². The number of nitrogens with zero attached hydrogens (tertiary/aromatic N) is 1. The van der Waals surface area contributed by atoms with Crippen LogP contribution < -0.4 is 10.5 Å². The number of nitrogens with two attached hydrogens (primary N) is 1. The average molecular weight is 294 g/mol. The maximum Gasteiger partial charge on any atom is 0.119 e. The summed E-state index contributed by atoms with van der Waals surface area (Å²) in [5, 5.41) is 0. The molecule has 0 amide bonds. The Hall–Kier alpha value is -1.10. The maximum atomic E-state index is 5.86. The van der Waals surface area contributed by atoms with Gasteiger partial charge >= 0.3 is 0 Å². The van der Waals surface area contributed by atoms with Gasteiger partial charge in [0.1, 0.15) is 12.4 Å². The Bertz CT molecular complexity index is 381. The highest BCUT2D eigenvalue weighted by molar-refractivity contribution is 5.28. The molecule has 0 aliphatic heterocycles. The molecule has 0 radical (unpaired) electrons. The first-order valence-corrected chi connectivity index (χ1v) is 7.89. The summed E-state index contributed by atoms with van der Waals surface area (Å²) >= 11 is 0. The number of hydrogen-bond acceptors (Lipinski definition) is 4. The highest BCUT2D eigenvalue weighted by Gasteiger charge is 2.14. The Kier molecular flexibility index (Phi) is 9.06. The number of methoxy groups -OCH3 is 1. The smallest absolute Gasteiger partial charge is 0.119 e. The highest BCUT2D eigenvalue weighted by Crippen LogP contribution is 2.13. The van der Waals surface area contributed by atoms with Gasteiger partial charge in [-0.1, -0.05) is 26.0 Å². The van der Waals surface area contributed by atoms with Crippen molar-refractivity contribution in [1.82, 2.24) is 4.90 Å². The molecule has 1 rings (SSSR count). The fraction of sp³-hybridized carbons (Fsp3) is 0.647. The Morgan fingerprint density at radius 2 is 1.86 bits per heavy atom. The fourth-order valence-electron chi connectivity index (χ4n) is 2.53. The molecule has 120 valence electrons. The Morgan fingerprint density at radius 3 is 2.48 bits per heavy atom. The molecule has 0 spiro atoms. The predicted molar refractivity (Wildman–Crippen MR) is 87.6 cm³/mol. The molecule has 1 aromatic rings. The van der Waals surface area contributed by atoms with Gasteiger partial charge in [0.15, 0.2) is 0 Å². The van der Waals surface area contributed by atoms with E-state index in [1.54, 1.807) is 7.11 Å². The van der Waals surface area contributed by atoms with Crippen molar-refractivity contribution in [3.8, 4) is 5.75 Å². The van der Waals surface area contributed by atoms with Gasteiger partial charge in [0.05, 0.1) is 6.61 Å². The van der Waals surface area contributed by atoms with Crippen molar-refractivity contribution in [2.45, 2.75) is 39.3 Å². The van der Waals surface area contributed by atoms with Gasteiger partial charge in [-0.3, -0.25) is 4.90 Å². The quantitative estimate of drug-likeness (QED) is 0.681. The normalized spacial score (nSPS) is 11.3. The molecule has 0 aliphatic rings. The summed E-state index contributed by atoms with van der Waals surface area (Å²) in [6, 6.07) is 8.59. The third kappa shape index (κ3) is 6.46. The molecule has 0 atom stereocenters. The van der Waals surface area contributed by atoms with Gasteiger partial charge in [-0.2, -0.15) is 0 Å². The molecule has 4 heteroatoms. The van der Waals surface area contributed by atoms with Gasteiger partial charge < -0.3 is 15.2 Å². The largest absolute Gasteiger partial charge is 0.492 e. The molecule has 0 saturated carbocycles. The minimum absolute atomic E-state index is 0.547. The summed E-state index contributed by atoms with van der Waals surface area (Å²) in [6.45, 7) is 8.34. The average Bonchev–Trinajstić information content (AvgIpc) is 2.53. The van der Waals surface area contributed by atoms with Crippen molar-refractivity contribution in [2.75, 3.05) is 33.4 Å². The summed E-state index contributed by atoms with van der Waals surface area (Å²) in [5.74, 6) is 0.897. The molecule has 0 heterocycles. The van der Waals surface area contributed by atoms with E-state index in [-0.39, 0.29) is 0 Å². The minimum Gasteiger partial charge on any atom is -0.492 e. The van der Waals surface area contributed by atoms with E-state index in [0.717, 1.165) is 43.9 Å². The molecule has 0 unspecified atom stereocenters. The lowest BCUT2D eigenvalue weighted by molar-refractivity contribution is 0.101. The standard InChI is InChI=1S/C17H30N2O2/c1-4-16(5-2)19(9-11-20-3)10-12-21-17-8-6-7-15(13-17)14-18/h6-8,13,16H,4-5,9-12,14,18H2,1-3H3. The van der Waals surface area contributed by atoms with Gasteiger partial charge in [0.2, 0.25) is 0 Å². The van der Waals surface area contributed by atoms with Crippen LogP contribution in [0.15, 0.2) is 24.3 Å². The van der Waals surface area contributed by atoms with Gasteiger partial charge in [0.25, 0.3) is 0 Å². The first-order chi connectivity index (χ1) is 10.2. The lowest BCUT2D eigenvalue weighted by Crippen LogP contribution is -2.39. The number of ether oxygens (including phenoxy) is 2. The van der Waals surface area contributed by atoms with Crippen molar-refractivity contribution < 1.29 is 9.47 Å². The predicted octanol–water partition coefficient (Wildman–Crippen LogP) is 2.66. The Balaban J connectivity index is 2.47. The van der Waals surface area contributed by atoms with Gasteiger partial charge in [-0.25, -0.2) is 0 Å². The lowest BCUT2D eigenvalue weighted by Gasteiger charge is -2.30. The summed E-state index contributed by atoms with van der Waals surface area (Å²) in [6.07, 6.45) is 2.31. The van der Waals surface area contributed by atoms with Gasteiger partial charge in [-0.05, 0) is 30.5 Å². The number of hydrogen-bond donors (Lipinski definition) is 1. The van der Waals surface area contributed by atoms with Crippen LogP contribution in [0.5, 0.6) is 5.75 Å². The van der Waals surface area contributed by atoms with E-state index >= 15 is 0 Å². The molecule has 0 fully saturated rings. The van der Waals surface area contributed by atoms with E-state index in [2.05, 4.69) is 18.7 Å². The minimum atomic E-state index is 0.547. The molecule has 0 aromatic heterocycles. The van der Waals surface area contributed by atoms with Crippen LogP contribution in [0.3, 0.4) is 0 Å². The van der Waals surface area contributed by atoms with E-state index in [4.69, 9.17) is 15.2 Å². The SMILES string of the molecule is CCC(CC)N(CCOC)CCOc1cccc(CN)c1. The monoisotopic (exact) mass is 294 g/mol. The van der Waals surface area contributed by atoms with E-state index in [1.807, 2.05) is 24.3 Å². The second kappa shape index (κ2) is 10.6. The Labute approximate surface area is 129 Å². The van der Waals surface area contributed by atoms with Crippen LogP contribution in [-0.2, 0) is 11.3 Å². The van der Waals surface area contributed by atoms with Crippen molar-refractivity contribution in [2.24, 2.45) is 5.73 Å². The highest BCUT2D eigenvalue weighted by atomic mass is 16.5. The first kappa shape index (κ1) is 18.0. The second-order valence-corrected chi connectivity index (χ2v) is 5.20. The van der Waals surface area contributed by atoms with Crippen molar-refractivity contribution in [3.05, 3.63) is 29.8 Å². The molecule has 21 heavy (non-hydrogen) atoms. The van der Waals surface area contributed by atoms with E-state index in [0.29, 0.717) is 19.2 Å². The molecule has 0 saturated heterocycles. The second-order valence-electron chi connectivity index (χ2n) is 5.20. The zero-order chi connectivity index (χ0) is 15.5. The maximum absolute atomic E-state index is 5.86. The summed E-state index contributed by atoms with van der Waals surface area (Å²) in [4.78, 5) is 2.45. The van der Waals surface area contributed by atoms with Crippen LogP contribution in [0.1, 0.15) is 32.3 Å². The third-order valence-electron chi connectivity index (χ3n) is 3.82. The molecule has 2 N–H and O–H groups in total. The van der Waals surface area contributed by atoms with Crippen LogP contribution in [0.2, 0.25) is 0 Å².